The van der Waals surface area contributed by atoms with Crippen LogP contribution in [0.15, 0.2) is 5.38 Å². The summed E-state index contributed by atoms with van der Waals surface area (Å²) in [6.45, 7) is 5.32. The number of thiazole rings is 1. The summed E-state index contributed by atoms with van der Waals surface area (Å²) in [6, 6.07) is 0. The fourth-order valence-electron chi connectivity index (χ4n) is 1.14. The van der Waals surface area contributed by atoms with E-state index >= 15 is 0 Å². The minimum Gasteiger partial charge on any atom is -0.302 e. The van der Waals surface area contributed by atoms with Gasteiger partial charge in [-0.15, -0.1) is 11.3 Å². The summed E-state index contributed by atoms with van der Waals surface area (Å²) in [4.78, 5) is 27.2. The first-order valence-electron chi connectivity index (χ1n) is 5.74. The van der Waals surface area contributed by atoms with Gasteiger partial charge in [-0.25, -0.2) is 13.4 Å². The summed E-state index contributed by atoms with van der Waals surface area (Å²) in [7, 11) is -3.57. The molecule has 1 aromatic rings. The standard InChI is InChI=1S/C11H17N3O4S2/c1-11(2,3)9(16)13-10-12-7(6-19-10)5-8(15)14-20(4,17)18/h6H,5H2,1-4H3,(H,14,15)(H,12,13,16). The fraction of sp³-hybridized carbons (Fsp3) is 0.545. The molecular formula is C11H17N3O4S2. The highest BCUT2D eigenvalue weighted by molar-refractivity contribution is 7.89. The molecule has 7 nitrogen and oxygen atoms in total. The fourth-order valence-corrected chi connectivity index (χ4v) is 2.33. The second-order valence-corrected chi connectivity index (χ2v) is 7.93. The van der Waals surface area contributed by atoms with Gasteiger partial charge in [0.05, 0.1) is 18.4 Å². The van der Waals surface area contributed by atoms with Gasteiger partial charge < -0.3 is 5.32 Å². The third-order valence-electron chi connectivity index (χ3n) is 2.09. The van der Waals surface area contributed by atoms with E-state index in [0.717, 1.165) is 6.26 Å². The zero-order chi connectivity index (χ0) is 15.6. The largest absolute Gasteiger partial charge is 0.302 e. The van der Waals surface area contributed by atoms with E-state index in [4.69, 9.17) is 0 Å². The molecule has 0 aliphatic rings. The Bertz CT molecular complexity index is 614. The number of amides is 2. The molecule has 0 saturated heterocycles. The molecule has 0 aliphatic carbocycles. The summed E-state index contributed by atoms with van der Waals surface area (Å²) in [5.41, 5.74) is -0.139. The first-order chi connectivity index (χ1) is 8.97. The predicted octanol–water partition coefficient (Wildman–Crippen LogP) is 0.746. The average molecular weight is 319 g/mol. The number of anilines is 1. The highest BCUT2D eigenvalue weighted by Gasteiger charge is 2.22. The summed E-state index contributed by atoms with van der Waals surface area (Å²) >= 11 is 1.18. The number of carbonyl (C=O) groups excluding carboxylic acids is 2. The van der Waals surface area contributed by atoms with Gasteiger partial charge in [-0.05, 0) is 0 Å². The van der Waals surface area contributed by atoms with E-state index < -0.39 is 21.3 Å². The number of hydrogen-bond donors (Lipinski definition) is 2. The Hall–Kier alpha value is -1.48. The third kappa shape index (κ3) is 5.66. The number of nitrogens with zero attached hydrogens (tertiary/aromatic N) is 1. The van der Waals surface area contributed by atoms with E-state index in [1.807, 2.05) is 4.72 Å². The average Bonchev–Trinajstić information content (AvgIpc) is 2.60. The van der Waals surface area contributed by atoms with Gasteiger partial charge in [0, 0.05) is 10.8 Å². The molecule has 9 heteroatoms. The van der Waals surface area contributed by atoms with Crippen molar-refractivity contribution < 1.29 is 18.0 Å². The molecule has 0 aliphatic heterocycles. The summed E-state index contributed by atoms with van der Waals surface area (Å²) < 4.78 is 23.6. The van der Waals surface area contributed by atoms with Crippen molar-refractivity contribution in [2.24, 2.45) is 5.41 Å². The lowest BCUT2D eigenvalue weighted by Gasteiger charge is -2.15. The van der Waals surface area contributed by atoms with Gasteiger partial charge in [0.15, 0.2) is 5.13 Å². The zero-order valence-corrected chi connectivity index (χ0v) is 13.3. The van der Waals surface area contributed by atoms with Gasteiger partial charge in [0.25, 0.3) is 0 Å². The van der Waals surface area contributed by atoms with E-state index in [0.29, 0.717) is 10.8 Å². The number of sulfonamides is 1. The summed E-state index contributed by atoms with van der Waals surface area (Å²) in [5.74, 6) is -0.842. The van der Waals surface area contributed by atoms with E-state index in [9.17, 15) is 18.0 Å². The highest BCUT2D eigenvalue weighted by atomic mass is 32.2. The monoisotopic (exact) mass is 319 g/mol. The maximum atomic E-state index is 11.8. The van der Waals surface area contributed by atoms with Crippen molar-refractivity contribution in [3.05, 3.63) is 11.1 Å². The number of rotatable bonds is 4. The molecule has 1 rings (SSSR count). The molecule has 0 fully saturated rings. The summed E-state index contributed by atoms with van der Waals surface area (Å²) in [6.07, 6.45) is 0.746. The Morgan fingerprint density at radius 1 is 1.35 bits per heavy atom. The first-order valence-corrected chi connectivity index (χ1v) is 8.51. The van der Waals surface area contributed by atoms with Crippen LogP contribution in [0.1, 0.15) is 26.5 Å². The second kappa shape index (κ2) is 5.88. The molecule has 0 unspecified atom stereocenters. The van der Waals surface area contributed by atoms with Crippen molar-refractivity contribution in [3.8, 4) is 0 Å². The lowest BCUT2D eigenvalue weighted by Crippen LogP contribution is -2.30. The Morgan fingerprint density at radius 2 is 1.95 bits per heavy atom. The van der Waals surface area contributed by atoms with Crippen molar-refractivity contribution >= 4 is 38.3 Å². The molecule has 0 radical (unpaired) electrons. The van der Waals surface area contributed by atoms with Gasteiger partial charge in [-0.2, -0.15) is 0 Å². The molecule has 0 aromatic carbocycles. The van der Waals surface area contributed by atoms with Gasteiger partial charge in [-0.3, -0.25) is 14.3 Å². The van der Waals surface area contributed by atoms with Crippen LogP contribution < -0.4 is 10.0 Å². The van der Waals surface area contributed by atoms with Gasteiger partial charge in [0.2, 0.25) is 21.8 Å². The SMILES string of the molecule is CC(C)(C)C(=O)Nc1nc(CC(=O)NS(C)(=O)=O)cs1. The minimum absolute atomic E-state index is 0.158. The number of hydrogen-bond acceptors (Lipinski definition) is 6. The Kier molecular flexibility index (Phi) is 4.87. The Balaban J connectivity index is 2.65. The van der Waals surface area contributed by atoms with Crippen LogP contribution in [0.25, 0.3) is 0 Å². The van der Waals surface area contributed by atoms with Crippen molar-refractivity contribution in [2.75, 3.05) is 11.6 Å². The van der Waals surface area contributed by atoms with Crippen molar-refractivity contribution in [2.45, 2.75) is 27.2 Å². The van der Waals surface area contributed by atoms with E-state index in [1.54, 1.807) is 26.2 Å². The normalized spacial score (nSPS) is 12.0. The Labute approximate surface area is 121 Å². The second-order valence-electron chi connectivity index (χ2n) is 5.32. The molecule has 0 atom stereocenters. The number of aromatic nitrogens is 1. The van der Waals surface area contributed by atoms with Crippen LogP contribution in [0, 0.1) is 5.41 Å². The molecular weight excluding hydrogens is 302 g/mol. The maximum Gasteiger partial charge on any atom is 0.239 e. The third-order valence-corrected chi connectivity index (χ3v) is 3.50. The molecule has 112 valence electrons. The zero-order valence-electron chi connectivity index (χ0n) is 11.7. The van der Waals surface area contributed by atoms with E-state index in [-0.39, 0.29) is 12.3 Å². The van der Waals surface area contributed by atoms with Crippen LogP contribution in [-0.4, -0.2) is 31.5 Å². The van der Waals surface area contributed by atoms with E-state index in [2.05, 4.69) is 10.3 Å². The predicted molar refractivity (Wildman–Crippen MR) is 76.9 cm³/mol. The number of nitrogens with one attached hydrogen (secondary N) is 2. The molecule has 1 aromatic heterocycles. The highest BCUT2D eigenvalue weighted by Crippen LogP contribution is 2.20. The smallest absolute Gasteiger partial charge is 0.239 e. The molecule has 0 spiro atoms. The van der Waals surface area contributed by atoms with Gasteiger partial charge in [0.1, 0.15) is 0 Å². The van der Waals surface area contributed by atoms with E-state index in [1.165, 1.54) is 11.3 Å². The molecule has 1 heterocycles. The van der Waals surface area contributed by atoms with Crippen LogP contribution in [0.3, 0.4) is 0 Å². The first kappa shape index (κ1) is 16.6. The molecule has 2 amide bonds. The van der Waals surface area contributed by atoms with Crippen LogP contribution in [0.2, 0.25) is 0 Å². The molecule has 0 saturated carbocycles. The minimum atomic E-state index is -3.57. The van der Waals surface area contributed by atoms with Crippen LogP contribution in [0.5, 0.6) is 0 Å². The lowest BCUT2D eigenvalue weighted by molar-refractivity contribution is -0.123. The van der Waals surface area contributed by atoms with Gasteiger partial charge >= 0.3 is 0 Å². The molecule has 20 heavy (non-hydrogen) atoms. The topological polar surface area (TPSA) is 105 Å². The van der Waals surface area contributed by atoms with Crippen LogP contribution >= 0.6 is 11.3 Å². The maximum absolute atomic E-state index is 11.8. The summed E-state index contributed by atoms with van der Waals surface area (Å²) in [5, 5.41) is 4.62. The Morgan fingerprint density at radius 3 is 2.45 bits per heavy atom. The number of carbonyl (C=O) groups is 2. The van der Waals surface area contributed by atoms with Gasteiger partial charge in [-0.1, -0.05) is 20.8 Å². The molecule has 2 N–H and O–H groups in total. The quantitative estimate of drug-likeness (QED) is 0.852. The van der Waals surface area contributed by atoms with Crippen LogP contribution in [0.4, 0.5) is 5.13 Å². The van der Waals surface area contributed by atoms with Crippen molar-refractivity contribution in [1.82, 2.24) is 9.71 Å². The lowest BCUT2D eigenvalue weighted by atomic mass is 9.96. The van der Waals surface area contributed by atoms with Crippen LogP contribution in [-0.2, 0) is 26.0 Å². The van der Waals surface area contributed by atoms with Crippen molar-refractivity contribution in [1.29, 1.82) is 0 Å². The molecule has 0 bridgehead atoms. The van der Waals surface area contributed by atoms with Crippen molar-refractivity contribution in [3.63, 3.8) is 0 Å².